The summed E-state index contributed by atoms with van der Waals surface area (Å²) in [5, 5.41) is 0. The monoisotopic (exact) mass is 146 g/mol. The standard InChI is InChI=1S/C10H10O/c11-5-9-6-1-3-7-8(4-2-6)10(7)9/h1-10H. The molecule has 0 saturated heterocycles. The molecule has 3 atom stereocenters. The van der Waals surface area contributed by atoms with Crippen molar-refractivity contribution in [3.63, 3.8) is 0 Å². The van der Waals surface area contributed by atoms with E-state index in [-0.39, 0.29) is 0 Å². The lowest BCUT2D eigenvalue weighted by molar-refractivity contribution is -0.112. The number of allylic oxidation sites excluding steroid dienone is 4. The molecule has 2 bridgehead atoms. The highest BCUT2D eigenvalue weighted by Gasteiger charge is 2.56. The summed E-state index contributed by atoms with van der Waals surface area (Å²) in [6.07, 6.45) is 10.1. The zero-order valence-corrected chi connectivity index (χ0v) is 6.18. The molecule has 1 heteroatoms. The predicted octanol–water partition coefficient (Wildman–Crippen LogP) is 1.42. The lowest BCUT2D eigenvalue weighted by atomic mass is 9.82. The number of hydrogen-bond acceptors (Lipinski definition) is 1. The van der Waals surface area contributed by atoms with Gasteiger partial charge in [0.2, 0.25) is 0 Å². The Morgan fingerprint density at radius 1 is 1.00 bits per heavy atom. The lowest BCUT2D eigenvalue weighted by Crippen LogP contribution is -2.20. The normalized spacial score (nSPS) is 55.8. The van der Waals surface area contributed by atoms with Crippen molar-refractivity contribution in [2.24, 2.45) is 29.6 Å². The van der Waals surface area contributed by atoms with Crippen molar-refractivity contribution >= 4 is 6.29 Å². The van der Waals surface area contributed by atoms with Gasteiger partial charge in [-0.15, -0.1) is 0 Å². The minimum atomic E-state index is 0.306. The van der Waals surface area contributed by atoms with E-state index >= 15 is 0 Å². The zero-order valence-electron chi connectivity index (χ0n) is 6.18. The number of hydrogen-bond donors (Lipinski definition) is 0. The average molecular weight is 146 g/mol. The van der Waals surface area contributed by atoms with Crippen LogP contribution in [0.4, 0.5) is 0 Å². The third-order valence-electron chi connectivity index (χ3n) is 3.35. The third-order valence-corrected chi connectivity index (χ3v) is 3.35. The molecule has 0 heterocycles. The van der Waals surface area contributed by atoms with E-state index in [0.29, 0.717) is 29.6 Å². The van der Waals surface area contributed by atoms with Crippen molar-refractivity contribution in [2.75, 3.05) is 0 Å². The molecule has 0 aliphatic heterocycles. The van der Waals surface area contributed by atoms with Crippen LogP contribution in [0.25, 0.3) is 0 Å². The van der Waals surface area contributed by atoms with Gasteiger partial charge < -0.3 is 4.79 Å². The molecule has 0 aromatic heterocycles. The number of aldehydes is 1. The molecule has 1 nitrogen and oxygen atoms in total. The van der Waals surface area contributed by atoms with Crippen LogP contribution in [-0.2, 0) is 4.79 Å². The van der Waals surface area contributed by atoms with E-state index in [0.717, 1.165) is 6.29 Å². The number of carbonyl (C=O) groups excluding carboxylic acids is 1. The lowest BCUT2D eigenvalue weighted by Gasteiger charge is -2.21. The van der Waals surface area contributed by atoms with Crippen molar-refractivity contribution in [1.82, 2.24) is 0 Å². The largest absolute Gasteiger partial charge is 0.303 e. The van der Waals surface area contributed by atoms with Gasteiger partial charge in [-0.25, -0.2) is 0 Å². The molecule has 0 aromatic rings. The highest BCUT2D eigenvalue weighted by atomic mass is 16.1. The Morgan fingerprint density at radius 3 is 2.09 bits per heavy atom. The highest BCUT2D eigenvalue weighted by Crippen LogP contribution is 2.59. The maximum atomic E-state index is 10.7. The second kappa shape index (κ2) is 1.66. The minimum absolute atomic E-state index is 0.306. The summed E-state index contributed by atoms with van der Waals surface area (Å²) in [6, 6.07) is 0. The van der Waals surface area contributed by atoms with Crippen LogP contribution in [0.2, 0.25) is 0 Å². The van der Waals surface area contributed by atoms with E-state index in [2.05, 4.69) is 24.3 Å². The zero-order chi connectivity index (χ0) is 7.42. The van der Waals surface area contributed by atoms with Gasteiger partial charge in [0.25, 0.3) is 0 Å². The molecule has 1 saturated carbocycles. The van der Waals surface area contributed by atoms with Gasteiger partial charge in [0, 0.05) is 11.8 Å². The van der Waals surface area contributed by atoms with Crippen LogP contribution in [0.1, 0.15) is 0 Å². The smallest absolute Gasteiger partial charge is 0.124 e. The van der Waals surface area contributed by atoms with E-state index in [4.69, 9.17) is 0 Å². The van der Waals surface area contributed by atoms with Gasteiger partial charge in [-0.3, -0.25) is 0 Å². The van der Waals surface area contributed by atoms with Crippen molar-refractivity contribution in [2.45, 2.75) is 0 Å². The average Bonchev–Trinajstić information content (AvgIpc) is 2.78. The summed E-state index contributed by atoms with van der Waals surface area (Å²) in [5.74, 6) is 2.82. The van der Waals surface area contributed by atoms with E-state index in [1.807, 2.05) is 0 Å². The molecule has 0 amide bonds. The van der Waals surface area contributed by atoms with Gasteiger partial charge in [0.15, 0.2) is 0 Å². The van der Waals surface area contributed by atoms with Gasteiger partial charge in [-0.1, -0.05) is 24.3 Å². The Labute approximate surface area is 65.8 Å². The summed E-state index contributed by atoms with van der Waals surface area (Å²) < 4.78 is 0. The fourth-order valence-corrected chi connectivity index (χ4v) is 2.68. The Kier molecular flexibility index (Phi) is 0.867. The summed E-state index contributed by atoms with van der Waals surface area (Å²) in [5.41, 5.74) is 0. The number of fused-ring (bicyclic) bond motifs is 2. The maximum absolute atomic E-state index is 10.7. The molecule has 11 heavy (non-hydrogen) atoms. The SMILES string of the molecule is O=CC1C2C=CC3C(C=C2)C13. The number of rotatable bonds is 1. The van der Waals surface area contributed by atoms with Gasteiger partial charge in [0.1, 0.15) is 6.29 Å². The molecule has 3 aliphatic rings. The molecule has 3 rings (SSSR count). The Hall–Kier alpha value is -0.850. The second-order valence-corrected chi connectivity index (χ2v) is 3.79. The van der Waals surface area contributed by atoms with Gasteiger partial charge in [-0.05, 0) is 17.8 Å². The fourth-order valence-electron chi connectivity index (χ4n) is 2.68. The summed E-state index contributed by atoms with van der Waals surface area (Å²) in [6.45, 7) is 0. The molecule has 0 spiro atoms. The van der Waals surface area contributed by atoms with Crippen LogP contribution in [-0.4, -0.2) is 6.29 Å². The van der Waals surface area contributed by atoms with Crippen LogP contribution >= 0.6 is 0 Å². The van der Waals surface area contributed by atoms with Gasteiger partial charge in [-0.2, -0.15) is 0 Å². The first-order valence-electron chi connectivity index (χ1n) is 4.24. The molecule has 0 radical (unpaired) electrons. The molecular formula is C10H10O. The van der Waals surface area contributed by atoms with E-state index in [9.17, 15) is 4.79 Å². The Balaban J connectivity index is 2.09. The molecule has 1 fully saturated rings. The minimum Gasteiger partial charge on any atom is -0.303 e. The third kappa shape index (κ3) is 0.550. The summed E-state index contributed by atoms with van der Waals surface area (Å²) in [7, 11) is 0. The Morgan fingerprint density at radius 2 is 1.64 bits per heavy atom. The maximum Gasteiger partial charge on any atom is 0.124 e. The van der Waals surface area contributed by atoms with Crippen LogP contribution in [0, 0.1) is 29.6 Å². The molecule has 3 unspecified atom stereocenters. The van der Waals surface area contributed by atoms with Crippen LogP contribution < -0.4 is 0 Å². The fraction of sp³-hybridized carbons (Fsp3) is 0.500. The summed E-state index contributed by atoms with van der Waals surface area (Å²) in [4.78, 5) is 10.7. The number of carbonyl (C=O) groups is 1. The molecule has 3 aliphatic carbocycles. The van der Waals surface area contributed by atoms with E-state index < -0.39 is 0 Å². The Bertz CT molecular complexity index is 244. The van der Waals surface area contributed by atoms with Crippen molar-refractivity contribution < 1.29 is 4.79 Å². The van der Waals surface area contributed by atoms with E-state index in [1.54, 1.807) is 0 Å². The van der Waals surface area contributed by atoms with Gasteiger partial charge in [0.05, 0.1) is 0 Å². The molecular weight excluding hydrogens is 136 g/mol. The first kappa shape index (κ1) is 5.76. The first-order valence-corrected chi connectivity index (χ1v) is 4.24. The summed E-state index contributed by atoms with van der Waals surface area (Å²) >= 11 is 0. The molecule has 0 N–H and O–H groups in total. The van der Waals surface area contributed by atoms with E-state index in [1.165, 1.54) is 0 Å². The van der Waals surface area contributed by atoms with Crippen LogP contribution in [0.3, 0.4) is 0 Å². The second-order valence-electron chi connectivity index (χ2n) is 3.79. The van der Waals surface area contributed by atoms with Crippen molar-refractivity contribution in [1.29, 1.82) is 0 Å². The predicted molar refractivity (Wildman–Crippen MR) is 41.8 cm³/mol. The topological polar surface area (TPSA) is 17.1 Å². The molecule has 0 aromatic carbocycles. The van der Waals surface area contributed by atoms with Crippen LogP contribution in [0.15, 0.2) is 24.3 Å². The highest BCUT2D eigenvalue weighted by molar-refractivity contribution is 5.60. The first-order chi connectivity index (χ1) is 5.42. The molecule has 56 valence electrons. The quantitative estimate of drug-likeness (QED) is 0.404. The van der Waals surface area contributed by atoms with Crippen molar-refractivity contribution in [3.8, 4) is 0 Å². The van der Waals surface area contributed by atoms with Crippen molar-refractivity contribution in [3.05, 3.63) is 24.3 Å². The van der Waals surface area contributed by atoms with Crippen LogP contribution in [0.5, 0.6) is 0 Å². The van der Waals surface area contributed by atoms with Gasteiger partial charge >= 0.3 is 0 Å².